The van der Waals surface area contributed by atoms with Crippen LogP contribution in [-0.2, 0) is 4.74 Å². The minimum absolute atomic E-state index is 0.147. The molecule has 25 heavy (non-hydrogen) atoms. The molecular formula is C20H24N4O. The van der Waals surface area contributed by atoms with E-state index < -0.39 is 0 Å². The first-order valence-electron chi connectivity index (χ1n) is 8.94. The first kappa shape index (κ1) is 16.1. The minimum Gasteiger partial charge on any atom is -0.373 e. The normalized spacial score (nSPS) is 20.7. The fourth-order valence-corrected chi connectivity index (χ4v) is 3.59. The zero-order chi connectivity index (χ0) is 17.2. The van der Waals surface area contributed by atoms with Gasteiger partial charge in [0.05, 0.1) is 11.8 Å². The number of hydrogen-bond donors (Lipinski definition) is 1. The van der Waals surface area contributed by atoms with Crippen LogP contribution in [0.5, 0.6) is 0 Å². The Morgan fingerprint density at radius 2 is 2.08 bits per heavy atom. The Bertz CT molecular complexity index is 856. The summed E-state index contributed by atoms with van der Waals surface area (Å²) in [6, 6.07) is 10.8. The second kappa shape index (κ2) is 6.84. The van der Waals surface area contributed by atoms with Crippen LogP contribution in [0.2, 0.25) is 0 Å². The zero-order valence-electron chi connectivity index (χ0n) is 14.8. The molecule has 4 rings (SSSR count). The third-order valence-corrected chi connectivity index (χ3v) is 4.89. The van der Waals surface area contributed by atoms with Gasteiger partial charge in [-0.25, -0.2) is 9.50 Å². The lowest BCUT2D eigenvalue weighted by molar-refractivity contribution is -0.0238. The van der Waals surface area contributed by atoms with Crippen molar-refractivity contribution in [2.24, 2.45) is 5.92 Å². The van der Waals surface area contributed by atoms with E-state index in [0.29, 0.717) is 5.92 Å². The monoisotopic (exact) mass is 336 g/mol. The van der Waals surface area contributed by atoms with Gasteiger partial charge in [-0.2, -0.15) is 5.10 Å². The summed E-state index contributed by atoms with van der Waals surface area (Å²) in [7, 11) is 0. The third kappa shape index (κ3) is 3.37. The molecule has 2 aromatic heterocycles. The van der Waals surface area contributed by atoms with Crippen LogP contribution in [0.3, 0.4) is 0 Å². The standard InChI is InChI=1S/C20H24N4O/c1-14-5-7-16(8-6-14)19-17(4-3-11-25-19)13-22-20-18-12-15(2)23-24(18)10-9-21-20/h5-10,12,17,19H,3-4,11,13H2,1-2H3,(H,21,22). The van der Waals surface area contributed by atoms with Crippen molar-refractivity contribution in [3.63, 3.8) is 0 Å². The number of aromatic nitrogens is 3. The zero-order valence-corrected chi connectivity index (χ0v) is 14.8. The van der Waals surface area contributed by atoms with Gasteiger partial charge in [0.1, 0.15) is 5.52 Å². The molecule has 5 heteroatoms. The number of anilines is 1. The van der Waals surface area contributed by atoms with Gasteiger partial charge in [-0.15, -0.1) is 0 Å². The second-order valence-electron chi connectivity index (χ2n) is 6.88. The molecule has 0 bridgehead atoms. The molecule has 3 aromatic rings. The molecule has 3 heterocycles. The molecule has 1 aliphatic rings. The lowest BCUT2D eigenvalue weighted by atomic mass is 9.89. The lowest BCUT2D eigenvalue weighted by Crippen LogP contribution is -2.28. The van der Waals surface area contributed by atoms with Gasteiger partial charge in [-0.3, -0.25) is 0 Å². The smallest absolute Gasteiger partial charge is 0.152 e. The molecule has 2 unspecified atom stereocenters. The van der Waals surface area contributed by atoms with E-state index in [0.717, 1.165) is 43.0 Å². The van der Waals surface area contributed by atoms with Gasteiger partial charge in [0.15, 0.2) is 5.82 Å². The number of aryl methyl sites for hydroxylation is 2. The molecule has 130 valence electrons. The van der Waals surface area contributed by atoms with E-state index in [1.165, 1.54) is 11.1 Å². The van der Waals surface area contributed by atoms with Crippen LogP contribution >= 0.6 is 0 Å². The van der Waals surface area contributed by atoms with E-state index in [4.69, 9.17) is 4.74 Å². The SMILES string of the molecule is Cc1ccc(C2OCCCC2CNc2nccn3nc(C)cc23)cc1. The first-order chi connectivity index (χ1) is 12.2. The Balaban J connectivity index is 1.52. The van der Waals surface area contributed by atoms with Crippen molar-refractivity contribution in [2.75, 3.05) is 18.5 Å². The molecule has 0 radical (unpaired) electrons. The molecular weight excluding hydrogens is 312 g/mol. The number of benzene rings is 1. The van der Waals surface area contributed by atoms with Gasteiger partial charge in [-0.05, 0) is 38.3 Å². The fraction of sp³-hybridized carbons (Fsp3) is 0.400. The van der Waals surface area contributed by atoms with Crippen molar-refractivity contribution in [3.05, 3.63) is 59.5 Å². The number of ether oxygens (including phenoxy) is 1. The number of hydrogen-bond acceptors (Lipinski definition) is 4. The van der Waals surface area contributed by atoms with E-state index in [1.54, 1.807) is 6.20 Å². The molecule has 0 saturated carbocycles. The highest BCUT2D eigenvalue weighted by Gasteiger charge is 2.27. The van der Waals surface area contributed by atoms with Gasteiger partial charge >= 0.3 is 0 Å². The summed E-state index contributed by atoms with van der Waals surface area (Å²) in [5, 5.41) is 7.98. The Morgan fingerprint density at radius 3 is 2.92 bits per heavy atom. The predicted molar refractivity (Wildman–Crippen MR) is 98.8 cm³/mol. The second-order valence-corrected chi connectivity index (χ2v) is 6.88. The van der Waals surface area contributed by atoms with Crippen molar-refractivity contribution in [2.45, 2.75) is 32.8 Å². The summed E-state index contributed by atoms with van der Waals surface area (Å²) in [6.45, 7) is 5.80. The van der Waals surface area contributed by atoms with Gasteiger partial charge in [0.25, 0.3) is 0 Å². The van der Waals surface area contributed by atoms with E-state index in [-0.39, 0.29) is 6.10 Å². The van der Waals surface area contributed by atoms with Crippen LogP contribution in [0.4, 0.5) is 5.82 Å². The van der Waals surface area contributed by atoms with E-state index >= 15 is 0 Å². The highest BCUT2D eigenvalue weighted by Crippen LogP contribution is 2.34. The Kier molecular flexibility index (Phi) is 4.40. The van der Waals surface area contributed by atoms with Crippen LogP contribution in [0, 0.1) is 19.8 Å². The largest absolute Gasteiger partial charge is 0.373 e. The van der Waals surface area contributed by atoms with Crippen molar-refractivity contribution in [1.82, 2.24) is 14.6 Å². The average molecular weight is 336 g/mol. The maximum atomic E-state index is 6.12. The average Bonchev–Trinajstić information content (AvgIpc) is 3.02. The number of nitrogens with zero attached hydrogens (tertiary/aromatic N) is 3. The third-order valence-electron chi connectivity index (χ3n) is 4.89. The molecule has 0 spiro atoms. The van der Waals surface area contributed by atoms with Crippen LogP contribution in [-0.4, -0.2) is 27.7 Å². The highest BCUT2D eigenvalue weighted by molar-refractivity contribution is 5.67. The van der Waals surface area contributed by atoms with Gasteiger partial charge in [0.2, 0.25) is 0 Å². The maximum Gasteiger partial charge on any atom is 0.152 e. The summed E-state index contributed by atoms with van der Waals surface area (Å²) < 4.78 is 7.99. The van der Waals surface area contributed by atoms with Crippen molar-refractivity contribution in [3.8, 4) is 0 Å². The van der Waals surface area contributed by atoms with Crippen LogP contribution < -0.4 is 5.32 Å². The molecule has 1 aliphatic heterocycles. The highest BCUT2D eigenvalue weighted by atomic mass is 16.5. The molecule has 0 amide bonds. The van der Waals surface area contributed by atoms with Crippen molar-refractivity contribution in [1.29, 1.82) is 0 Å². The van der Waals surface area contributed by atoms with E-state index in [2.05, 4.69) is 52.7 Å². The summed E-state index contributed by atoms with van der Waals surface area (Å²) in [5.74, 6) is 1.32. The Morgan fingerprint density at radius 1 is 1.24 bits per heavy atom. The van der Waals surface area contributed by atoms with E-state index in [9.17, 15) is 0 Å². The quantitative estimate of drug-likeness (QED) is 0.784. The maximum absolute atomic E-state index is 6.12. The molecule has 0 aliphatic carbocycles. The van der Waals surface area contributed by atoms with E-state index in [1.807, 2.05) is 17.6 Å². The summed E-state index contributed by atoms with van der Waals surface area (Å²) in [5.41, 5.74) is 4.56. The molecule has 2 atom stereocenters. The minimum atomic E-state index is 0.147. The van der Waals surface area contributed by atoms with Crippen LogP contribution in [0.1, 0.15) is 35.8 Å². The summed E-state index contributed by atoms with van der Waals surface area (Å²) in [6.07, 6.45) is 6.09. The summed E-state index contributed by atoms with van der Waals surface area (Å²) in [4.78, 5) is 4.50. The Hall–Kier alpha value is -2.40. The molecule has 1 aromatic carbocycles. The Labute approximate surface area is 148 Å². The molecule has 5 nitrogen and oxygen atoms in total. The first-order valence-corrected chi connectivity index (χ1v) is 8.94. The van der Waals surface area contributed by atoms with Crippen molar-refractivity contribution >= 4 is 11.3 Å². The van der Waals surface area contributed by atoms with Crippen LogP contribution in [0.15, 0.2) is 42.7 Å². The fourth-order valence-electron chi connectivity index (χ4n) is 3.59. The number of rotatable bonds is 4. The predicted octanol–water partition coefficient (Wildman–Crippen LogP) is 3.93. The topological polar surface area (TPSA) is 51.5 Å². The molecule has 1 N–H and O–H groups in total. The number of fused-ring (bicyclic) bond motifs is 1. The summed E-state index contributed by atoms with van der Waals surface area (Å²) >= 11 is 0. The van der Waals surface area contributed by atoms with Gasteiger partial charge in [-0.1, -0.05) is 29.8 Å². The van der Waals surface area contributed by atoms with Crippen molar-refractivity contribution < 1.29 is 4.74 Å². The number of nitrogens with one attached hydrogen (secondary N) is 1. The molecule has 1 fully saturated rings. The molecule has 1 saturated heterocycles. The lowest BCUT2D eigenvalue weighted by Gasteiger charge is -2.32. The van der Waals surface area contributed by atoms with Crippen LogP contribution in [0.25, 0.3) is 5.52 Å². The van der Waals surface area contributed by atoms with Gasteiger partial charge < -0.3 is 10.1 Å². The van der Waals surface area contributed by atoms with Gasteiger partial charge in [0, 0.05) is 31.5 Å².